The van der Waals surface area contributed by atoms with Gasteiger partial charge in [0.05, 0.1) is 18.8 Å². The molecule has 1 saturated heterocycles. The number of para-hydroxylation sites is 1. The van der Waals surface area contributed by atoms with Crippen molar-refractivity contribution >= 4 is 17.6 Å². The Morgan fingerprint density at radius 2 is 2.10 bits per heavy atom. The van der Waals surface area contributed by atoms with E-state index in [1.165, 1.54) is 21.8 Å². The van der Waals surface area contributed by atoms with Crippen molar-refractivity contribution < 1.29 is 14.5 Å². The highest BCUT2D eigenvalue weighted by atomic mass is 16.6. The van der Waals surface area contributed by atoms with E-state index in [-0.39, 0.29) is 12.4 Å². The van der Waals surface area contributed by atoms with Gasteiger partial charge >= 0.3 is 11.9 Å². The number of rotatable bonds is 4. The minimum Gasteiger partial charge on any atom is -0.440 e. The Kier molecular flexibility index (Phi) is 3.27. The lowest BCUT2D eigenvalue weighted by Crippen LogP contribution is -2.26. The van der Waals surface area contributed by atoms with Gasteiger partial charge in [-0.3, -0.25) is 4.90 Å². The van der Waals surface area contributed by atoms with E-state index in [9.17, 15) is 14.9 Å². The molecule has 1 aromatic carbocycles. The molecule has 21 heavy (non-hydrogen) atoms. The Hall–Kier alpha value is -2.90. The summed E-state index contributed by atoms with van der Waals surface area (Å²) in [5.74, 6) is -0.121. The van der Waals surface area contributed by atoms with Gasteiger partial charge in [0.1, 0.15) is 0 Å². The minimum atomic E-state index is -0.515. The van der Waals surface area contributed by atoms with Gasteiger partial charge in [-0.15, -0.1) is 4.68 Å². The largest absolute Gasteiger partial charge is 0.440 e. The Bertz CT molecular complexity index is 670. The quantitative estimate of drug-likeness (QED) is 0.632. The van der Waals surface area contributed by atoms with Crippen molar-refractivity contribution in [2.45, 2.75) is 12.6 Å². The molecular weight excluding hydrogens is 276 g/mol. The molecule has 0 saturated carbocycles. The van der Waals surface area contributed by atoms with E-state index in [0.29, 0.717) is 6.54 Å². The molecule has 1 aliphatic rings. The van der Waals surface area contributed by atoms with E-state index in [2.05, 4.69) is 5.10 Å². The highest BCUT2D eigenvalue weighted by Crippen LogP contribution is 2.22. The van der Waals surface area contributed by atoms with Crippen LogP contribution in [0.5, 0.6) is 0 Å². The molecule has 0 aliphatic carbocycles. The van der Waals surface area contributed by atoms with E-state index in [4.69, 9.17) is 4.74 Å². The van der Waals surface area contributed by atoms with Crippen molar-refractivity contribution in [3.05, 3.63) is 52.7 Å². The smallest absolute Gasteiger partial charge is 0.414 e. The third-order valence-electron chi connectivity index (χ3n) is 3.20. The third-order valence-corrected chi connectivity index (χ3v) is 3.20. The molecule has 8 heteroatoms. The zero-order valence-corrected chi connectivity index (χ0v) is 11.0. The Balaban J connectivity index is 1.73. The summed E-state index contributed by atoms with van der Waals surface area (Å²) in [5, 5.41) is 14.7. The van der Waals surface area contributed by atoms with E-state index < -0.39 is 17.1 Å². The molecule has 1 amide bonds. The Morgan fingerprint density at radius 1 is 1.33 bits per heavy atom. The van der Waals surface area contributed by atoms with Crippen LogP contribution in [-0.4, -0.2) is 33.4 Å². The van der Waals surface area contributed by atoms with Crippen LogP contribution < -0.4 is 4.90 Å². The number of cyclic esters (lactones) is 1. The van der Waals surface area contributed by atoms with Gasteiger partial charge in [-0.2, -0.15) is 0 Å². The predicted molar refractivity (Wildman–Crippen MR) is 72.9 cm³/mol. The fourth-order valence-electron chi connectivity index (χ4n) is 2.25. The molecule has 1 fully saturated rings. The lowest BCUT2D eigenvalue weighted by atomic mass is 10.3. The van der Waals surface area contributed by atoms with Crippen LogP contribution in [0.25, 0.3) is 0 Å². The number of hydrogen-bond donors (Lipinski definition) is 0. The van der Waals surface area contributed by atoms with Crippen LogP contribution in [0.15, 0.2) is 42.6 Å². The number of anilines is 1. The standard InChI is InChI=1S/C13H12N4O4/c18-13-15(10-4-2-1-3-5-10)8-11(21-13)9-16-12(17(19)20)6-7-14-16/h1-7,11H,8-9H2/t11-/m0/s1. The molecule has 0 spiro atoms. The molecule has 108 valence electrons. The number of nitrogens with zero attached hydrogens (tertiary/aromatic N) is 4. The first-order valence-electron chi connectivity index (χ1n) is 6.34. The number of aromatic nitrogens is 2. The van der Waals surface area contributed by atoms with Crippen LogP contribution in [0.4, 0.5) is 16.3 Å². The summed E-state index contributed by atoms with van der Waals surface area (Å²) >= 11 is 0. The van der Waals surface area contributed by atoms with Gasteiger partial charge in [-0.25, -0.2) is 4.79 Å². The fraction of sp³-hybridized carbons (Fsp3) is 0.231. The average molecular weight is 288 g/mol. The second-order valence-corrected chi connectivity index (χ2v) is 4.58. The monoisotopic (exact) mass is 288 g/mol. The Labute approximate surface area is 119 Å². The van der Waals surface area contributed by atoms with Crippen LogP contribution in [0.1, 0.15) is 0 Å². The summed E-state index contributed by atoms with van der Waals surface area (Å²) in [5.41, 5.74) is 0.736. The van der Waals surface area contributed by atoms with Crippen LogP contribution in [0.2, 0.25) is 0 Å². The molecule has 0 unspecified atom stereocenters. The maximum absolute atomic E-state index is 11.9. The van der Waals surface area contributed by atoms with E-state index in [0.717, 1.165) is 5.69 Å². The van der Waals surface area contributed by atoms with Crippen LogP contribution in [-0.2, 0) is 11.3 Å². The number of carbonyl (C=O) groups excluding carboxylic acids is 1. The molecule has 1 atom stereocenters. The molecule has 0 N–H and O–H groups in total. The molecule has 8 nitrogen and oxygen atoms in total. The first-order chi connectivity index (χ1) is 10.1. The second-order valence-electron chi connectivity index (χ2n) is 4.58. The minimum absolute atomic E-state index is 0.121. The van der Waals surface area contributed by atoms with Gasteiger partial charge in [0.2, 0.25) is 0 Å². The predicted octanol–water partition coefficient (Wildman–Crippen LogP) is 1.82. The van der Waals surface area contributed by atoms with Crippen molar-refractivity contribution in [2.24, 2.45) is 0 Å². The lowest BCUT2D eigenvalue weighted by Gasteiger charge is -2.11. The normalized spacial score (nSPS) is 17.8. The van der Waals surface area contributed by atoms with Gasteiger partial charge in [0.25, 0.3) is 0 Å². The molecular formula is C13H12N4O4. The maximum atomic E-state index is 11.9. The molecule has 2 heterocycles. The molecule has 2 aromatic rings. The van der Waals surface area contributed by atoms with Crippen LogP contribution >= 0.6 is 0 Å². The maximum Gasteiger partial charge on any atom is 0.414 e. The second kappa shape index (κ2) is 5.23. The zero-order chi connectivity index (χ0) is 14.8. The van der Waals surface area contributed by atoms with Gasteiger partial charge in [0.15, 0.2) is 12.6 Å². The van der Waals surface area contributed by atoms with Gasteiger partial charge in [-0.1, -0.05) is 23.3 Å². The molecule has 1 aliphatic heterocycles. The van der Waals surface area contributed by atoms with Crippen LogP contribution in [0, 0.1) is 10.1 Å². The number of hydrogen-bond acceptors (Lipinski definition) is 5. The number of benzene rings is 1. The summed E-state index contributed by atoms with van der Waals surface area (Å²) in [7, 11) is 0. The number of ether oxygens (including phenoxy) is 1. The van der Waals surface area contributed by atoms with Gasteiger partial charge in [0, 0.05) is 5.69 Å². The van der Waals surface area contributed by atoms with E-state index >= 15 is 0 Å². The van der Waals surface area contributed by atoms with Crippen molar-refractivity contribution in [1.82, 2.24) is 9.78 Å². The topological polar surface area (TPSA) is 90.5 Å². The third kappa shape index (κ3) is 2.55. The summed E-state index contributed by atoms with van der Waals surface area (Å²) in [6.07, 6.45) is 0.418. The number of nitro groups is 1. The molecule has 3 rings (SSSR count). The fourth-order valence-corrected chi connectivity index (χ4v) is 2.25. The highest BCUT2D eigenvalue weighted by molar-refractivity contribution is 5.89. The Morgan fingerprint density at radius 3 is 2.81 bits per heavy atom. The first kappa shape index (κ1) is 13.1. The summed E-state index contributed by atoms with van der Waals surface area (Å²) in [6.45, 7) is 0.484. The summed E-state index contributed by atoms with van der Waals surface area (Å²) in [6, 6.07) is 10.4. The molecule has 0 radical (unpaired) electrons. The van der Waals surface area contributed by atoms with Crippen molar-refractivity contribution in [2.75, 3.05) is 11.4 Å². The van der Waals surface area contributed by atoms with Crippen molar-refractivity contribution in [3.63, 3.8) is 0 Å². The highest BCUT2D eigenvalue weighted by Gasteiger charge is 2.34. The summed E-state index contributed by atoms with van der Waals surface area (Å²) in [4.78, 5) is 23.7. The summed E-state index contributed by atoms with van der Waals surface area (Å²) < 4.78 is 6.47. The molecule has 1 aromatic heterocycles. The SMILES string of the molecule is O=C1O[C@H](Cn2nccc2[N+](=O)[O-])CN1c1ccccc1. The van der Waals surface area contributed by atoms with E-state index in [1.54, 1.807) is 12.1 Å². The van der Waals surface area contributed by atoms with Crippen molar-refractivity contribution in [3.8, 4) is 0 Å². The van der Waals surface area contributed by atoms with Crippen LogP contribution in [0.3, 0.4) is 0 Å². The average Bonchev–Trinajstić information content (AvgIpc) is 3.07. The first-order valence-corrected chi connectivity index (χ1v) is 6.34. The number of carbonyl (C=O) groups is 1. The van der Waals surface area contributed by atoms with E-state index in [1.807, 2.05) is 18.2 Å². The lowest BCUT2D eigenvalue weighted by molar-refractivity contribution is -0.392. The number of amides is 1. The zero-order valence-electron chi connectivity index (χ0n) is 11.0. The molecule has 0 bridgehead atoms. The van der Waals surface area contributed by atoms with Gasteiger partial charge < -0.3 is 14.9 Å². The van der Waals surface area contributed by atoms with Gasteiger partial charge in [-0.05, 0) is 17.1 Å². The van der Waals surface area contributed by atoms with Crippen molar-refractivity contribution in [1.29, 1.82) is 0 Å².